The standard InChI is InChI=1S/C4H3F2IO/c1-2(8)3(5)4(6)7/h1H3/b4-3+. The highest BCUT2D eigenvalue weighted by Crippen LogP contribution is 2.15. The second-order valence-corrected chi connectivity index (χ2v) is 2.08. The quantitative estimate of drug-likeness (QED) is 0.499. The Hall–Kier alpha value is 0. The Morgan fingerprint density at radius 2 is 1.88 bits per heavy atom. The van der Waals surface area contributed by atoms with Crippen LogP contribution >= 0.6 is 22.6 Å². The van der Waals surface area contributed by atoms with Crippen LogP contribution in [-0.2, 0) is 4.79 Å². The maximum atomic E-state index is 11.8. The molecule has 0 unspecified atom stereocenters. The van der Waals surface area contributed by atoms with E-state index in [4.69, 9.17) is 0 Å². The van der Waals surface area contributed by atoms with E-state index in [1.165, 1.54) is 0 Å². The van der Waals surface area contributed by atoms with Gasteiger partial charge < -0.3 is 0 Å². The van der Waals surface area contributed by atoms with Crippen LogP contribution < -0.4 is 0 Å². The molecule has 0 fully saturated rings. The van der Waals surface area contributed by atoms with Gasteiger partial charge in [-0.3, -0.25) is 4.79 Å². The Balaban J connectivity index is 4.23. The van der Waals surface area contributed by atoms with Crippen LogP contribution in [0.4, 0.5) is 8.78 Å². The molecule has 0 aromatic carbocycles. The summed E-state index contributed by atoms with van der Waals surface area (Å²) in [6, 6.07) is 0. The van der Waals surface area contributed by atoms with Crippen molar-refractivity contribution in [2.24, 2.45) is 0 Å². The van der Waals surface area contributed by atoms with E-state index in [1.54, 1.807) is 0 Å². The zero-order chi connectivity index (χ0) is 6.73. The lowest BCUT2D eigenvalue weighted by atomic mass is 10.4. The predicted molar refractivity (Wildman–Crippen MR) is 33.9 cm³/mol. The number of carbonyl (C=O) groups is 1. The fraction of sp³-hybridized carbons (Fsp3) is 0.250. The van der Waals surface area contributed by atoms with Crippen LogP contribution in [0.3, 0.4) is 0 Å². The minimum absolute atomic E-state index is 0.878. The lowest BCUT2D eigenvalue weighted by Crippen LogP contribution is -1.89. The van der Waals surface area contributed by atoms with Gasteiger partial charge in [-0.1, -0.05) is 0 Å². The van der Waals surface area contributed by atoms with E-state index in [0.717, 1.165) is 29.5 Å². The number of halogens is 3. The van der Waals surface area contributed by atoms with Crippen LogP contribution in [0.5, 0.6) is 0 Å². The monoisotopic (exact) mass is 232 g/mol. The lowest BCUT2D eigenvalue weighted by Gasteiger charge is -1.83. The molecule has 0 spiro atoms. The fourth-order valence-corrected chi connectivity index (χ4v) is 0.513. The minimum atomic E-state index is -1.30. The molecular formula is C4H3F2IO. The summed E-state index contributed by atoms with van der Waals surface area (Å²) in [5, 5.41) is 0. The third kappa shape index (κ3) is 2.34. The van der Waals surface area contributed by atoms with E-state index in [9.17, 15) is 13.6 Å². The third-order valence-electron chi connectivity index (χ3n) is 0.475. The SMILES string of the molecule is CC(=O)/C(F)=C(/F)I. The molecule has 0 amide bonds. The molecule has 0 heterocycles. The second kappa shape index (κ2) is 3.11. The van der Waals surface area contributed by atoms with Crippen molar-refractivity contribution in [2.75, 3.05) is 0 Å². The zero-order valence-electron chi connectivity index (χ0n) is 4.04. The molecule has 0 aliphatic heterocycles. The molecule has 0 atom stereocenters. The van der Waals surface area contributed by atoms with Gasteiger partial charge in [-0.05, 0) is 22.6 Å². The minimum Gasteiger partial charge on any atom is -0.292 e. The molecule has 0 saturated heterocycles. The van der Waals surface area contributed by atoms with Crippen LogP contribution in [-0.4, -0.2) is 5.78 Å². The van der Waals surface area contributed by atoms with Gasteiger partial charge in [0.1, 0.15) is 0 Å². The van der Waals surface area contributed by atoms with Crippen molar-refractivity contribution < 1.29 is 13.6 Å². The molecule has 0 saturated carbocycles. The summed E-state index contributed by atoms with van der Waals surface area (Å²) in [6.45, 7) is 0.966. The predicted octanol–water partition coefficient (Wildman–Crippen LogP) is 2.12. The molecule has 8 heavy (non-hydrogen) atoms. The van der Waals surface area contributed by atoms with E-state index in [2.05, 4.69) is 0 Å². The molecule has 4 heteroatoms. The highest BCUT2D eigenvalue weighted by Gasteiger charge is 2.06. The third-order valence-corrected chi connectivity index (χ3v) is 0.949. The normalized spacial score (nSPS) is 13.0. The molecule has 0 aromatic heterocycles. The van der Waals surface area contributed by atoms with Gasteiger partial charge >= 0.3 is 0 Å². The Labute approximate surface area is 58.9 Å². The average molecular weight is 232 g/mol. The summed E-state index contributed by atoms with van der Waals surface area (Å²) < 4.78 is 22.3. The van der Waals surface area contributed by atoms with Gasteiger partial charge in [0.25, 0.3) is 0 Å². The largest absolute Gasteiger partial charge is 0.292 e. The molecule has 1 nitrogen and oxygen atoms in total. The molecule has 46 valence electrons. The van der Waals surface area contributed by atoms with E-state index in [-0.39, 0.29) is 0 Å². The van der Waals surface area contributed by atoms with Crippen molar-refractivity contribution in [3.8, 4) is 0 Å². The molecule has 0 aliphatic carbocycles. The van der Waals surface area contributed by atoms with Gasteiger partial charge in [-0.25, -0.2) is 0 Å². The summed E-state index contributed by atoms with van der Waals surface area (Å²) in [4.78, 5) is 9.91. The van der Waals surface area contributed by atoms with Crippen LogP contribution in [0.2, 0.25) is 0 Å². The highest BCUT2D eigenvalue weighted by molar-refractivity contribution is 14.1. The number of allylic oxidation sites excluding steroid dienone is 1. The first-order valence-corrected chi connectivity index (χ1v) is 2.85. The number of ketones is 1. The first kappa shape index (κ1) is 8.00. The van der Waals surface area contributed by atoms with Crippen molar-refractivity contribution >= 4 is 28.4 Å². The van der Waals surface area contributed by atoms with Crippen molar-refractivity contribution in [3.05, 3.63) is 9.66 Å². The van der Waals surface area contributed by atoms with Crippen molar-refractivity contribution in [3.63, 3.8) is 0 Å². The first-order valence-electron chi connectivity index (χ1n) is 1.77. The van der Waals surface area contributed by atoms with E-state index in [0.29, 0.717) is 0 Å². The Morgan fingerprint density at radius 1 is 1.50 bits per heavy atom. The summed E-state index contributed by atoms with van der Waals surface area (Å²) in [5.41, 5.74) is 0. The maximum absolute atomic E-state index is 11.8. The zero-order valence-corrected chi connectivity index (χ0v) is 6.20. The van der Waals surface area contributed by atoms with Crippen LogP contribution in [0.1, 0.15) is 6.92 Å². The number of hydrogen-bond donors (Lipinski definition) is 0. The van der Waals surface area contributed by atoms with Gasteiger partial charge in [-0.15, -0.1) is 0 Å². The molecule has 0 aliphatic rings. The fourth-order valence-electron chi connectivity index (χ4n) is 0.133. The summed E-state index contributed by atoms with van der Waals surface area (Å²) in [5.74, 6) is -2.18. The van der Waals surface area contributed by atoms with Crippen molar-refractivity contribution in [1.29, 1.82) is 0 Å². The van der Waals surface area contributed by atoms with Gasteiger partial charge in [0.05, 0.1) is 0 Å². The molecule has 0 N–H and O–H groups in total. The Morgan fingerprint density at radius 3 is 1.88 bits per heavy atom. The number of carbonyl (C=O) groups excluding carboxylic acids is 1. The summed E-state index contributed by atoms with van der Waals surface area (Å²) in [6.07, 6.45) is 0. The molecule has 0 aromatic rings. The van der Waals surface area contributed by atoms with Crippen LogP contribution in [0.25, 0.3) is 0 Å². The molecular weight excluding hydrogens is 229 g/mol. The summed E-state index contributed by atoms with van der Waals surface area (Å²) in [7, 11) is 0. The van der Waals surface area contributed by atoms with Gasteiger partial charge in [0.15, 0.2) is 9.62 Å². The smallest absolute Gasteiger partial charge is 0.207 e. The summed E-state index contributed by atoms with van der Waals surface area (Å²) >= 11 is 1.10. The van der Waals surface area contributed by atoms with Crippen LogP contribution in [0.15, 0.2) is 9.66 Å². The topological polar surface area (TPSA) is 17.1 Å². The number of rotatable bonds is 1. The molecule has 0 rings (SSSR count). The Kier molecular flexibility index (Phi) is 3.11. The number of hydrogen-bond acceptors (Lipinski definition) is 1. The lowest BCUT2D eigenvalue weighted by molar-refractivity contribution is -0.115. The van der Waals surface area contributed by atoms with E-state index in [1.807, 2.05) is 0 Å². The first-order chi connectivity index (χ1) is 3.55. The molecule has 0 radical (unpaired) electrons. The van der Waals surface area contributed by atoms with Crippen LogP contribution in [0, 0.1) is 0 Å². The van der Waals surface area contributed by atoms with Crippen molar-refractivity contribution in [1.82, 2.24) is 0 Å². The number of Topliss-reactive ketones (excluding diaryl/α,β-unsaturated/α-hetero) is 1. The van der Waals surface area contributed by atoms with E-state index < -0.39 is 15.4 Å². The maximum Gasteiger partial charge on any atom is 0.207 e. The van der Waals surface area contributed by atoms with Gasteiger partial charge in [-0.2, -0.15) is 8.78 Å². The highest BCUT2D eigenvalue weighted by atomic mass is 127. The van der Waals surface area contributed by atoms with Crippen molar-refractivity contribution in [2.45, 2.75) is 6.92 Å². The van der Waals surface area contributed by atoms with Gasteiger partial charge in [0.2, 0.25) is 5.83 Å². The molecule has 0 bridgehead atoms. The van der Waals surface area contributed by atoms with Gasteiger partial charge in [0, 0.05) is 6.92 Å². The second-order valence-electron chi connectivity index (χ2n) is 1.13. The van der Waals surface area contributed by atoms with E-state index >= 15 is 0 Å². The average Bonchev–Trinajstić information content (AvgIpc) is 1.64. The Bertz CT molecular complexity index is 137.